The van der Waals surface area contributed by atoms with Crippen molar-refractivity contribution >= 4 is 17.5 Å². The molecule has 0 saturated heterocycles. The molecular formula is C17H17N5. The standard InChI is InChI=1S/C17H17N5/c1-13-7-9-15(10-8-13)20-17-21-16(12-19-22-17)18-11-14-5-3-2-4-6-14/h2-10,12H,11H2,1H3,(H2,18,20,21,22). The van der Waals surface area contributed by atoms with Crippen molar-refractivity contribution < 1.29 is 0 Å². The van der Waals surface area contributed by atoms with E-state index < -0.39 is 0 Å². The van der Waals surface area contributed by atoms with E-state index >= 15 is 0 Å². The molecule has 110 valence electrons. The molecule has 0 aliphatic heterocycles. The van der Waals surface area contributed by atoms with E-state index in [1.54, 1.807) is 6.20 Å². The molecule has 1 aromatic heterocycles. The van der Waals surface area contributed by atoms with Gasteiger partial charge in [0.25, 0.3) is 0 Å². The third-order valence-electron chi connectivity index (χ3n) is 3.18. The van der Waals surface area contributed by atoms with E-state index in [0.717, 1.165) is 5.69 Å². The predicted molar refractivity (Wildman–Crippen MR) is 88.1 cm³/mol. The minimum Gasteiger partial charge on any atom is -0.365 e. The van der Waals surface area contributed by atoms with Crippen LogP contribution in [0.25, 0.3) is 0 Å². The van der Waals surface area contributed by atoms with E-state index in [9.17, 15) is 0 Å². The molecule has 0 atom stereocenters. The van der Waals surface area contributed by atoms with Crippen molar-refractivity contribution in [2.75, 3.05) is 10.6 Å². The van der Waals surface area contributed by atoms with Crippen LogP contribution in [0, 0.1) is 6.92 Å². The van der Waals surface area contributed by atoms with Crippen molar-refractivity contribution in [2.24, 2.45) is 0 Å². The molecule has 0 bridgehead atoms. The van der Waals surface area contributed by atoms with Crippen LogP contribution in [-0.2, 0) is 6.54 Å². The van der Waals surface area contributed by atoms with Crippen molar-refractivity contribution in [3.8, 4) is 0 Å². The quantitative estimate of drug-likeness (QED) is 0.753. The van der Waals surface area contributed by atoms with Gasteiger partial charge in [-0.15, -0.1) is 5.10 Å². The van der Waals surface area contributed by atoms with Gasteiger partial charge in [-0.1, -0.05) is 48.0 Å². The van der Waals surface area contributed by atoms with E-state index in [4.69, 9.17) is 0 Å². The number of anilines is 3. The highest BCUT2D eigenvalue weighted by molar-refractivity contribution is 5.54. The Morgan fingerprint density at radius 1 is 0.955 bits per heavy atom. The number of nitrogens with zero attached hydrogens (tertiary/aromatic N) is 3. The normalized spacial score (nSPS) is 10.2. The molecule has 0 spiro atoms. The minimum atomic E-state index is 0.474. The molecule has 5 heteroatoms. The van der Waals surface area contributed by atoms with Gasteiger partial charge in [0, 0.05) is 12.2 Å². The van der Waals surface area contributed by atoms with E-state index in [-0.39, 0.29) is 0 Å². The van der Waals surface area contributed by atoms with Crippen LogP contribution in [0.5, 0.6) is 0 Å². The molecule has 0 saturated carbocycles. The molecule has 2 N–H and O–H groups in total. The highest BCUT2D eigenvalue weighted by atomic mass is 15.3. The SMILES string of the molecule is Cc1ccc(Nc2nncc(NCc3ccccc3)n2)cc1. The van der Waals surface area contributed by atoms with Crippen LogP contribution < -0.4 is 10.6 Å². The summed E-state index contributed by atoms with van der Waals surface area (Å²) in [7, 11) is 0. The van der Waals surface area contributed by atoms with E-state index in [2.05, 4.69) is 44.9 Å². The number of hydrogen-bond acceptors (Lipinski definition) is 5. The number of nitrogens with one attached hydrogen (secondary N) is 2. The van der Waals surface area contributed by atoms with Gasteiger partial charge in [0.05, 0.1) is 6.20 Å². The summed E-state index contributed by atoms with van der Waals surface area (Å²) in [5.41, 5.74) is 3.34. The molecule has 5 nitrogen and oxygen atoms in total. The Morgan fingerprint density at radius 2 is 1.73 bits per heavy atom. The van der Waals surface area contributed by atoms with Gasteiger partial charge in [-0.3, -0.25) is 0 Å². The summed E-state index contributed by atoms with van der Waals surface area (Å²) in [5, 5.41) is 14.4. The lowest BCUT2D eigenvalue weighted by atomic mass is 10.2. The van der Waals surface area contributed by atoms with Gasteiger partial charge in [0.1, 0.15) is 0 Å². The molecule has 1 heterocycles. The fourth-order valence-corrected chi connectivity index (χ4v) is 2.00. The zero-order valence-electron chi connectivity index (χ0n) is 12.3. The Morgan fingerprint density at radius 3 is 2.50 bits per heavy atom. The second-order valence-corrected chi connectivity index (χ2v) is 5.00. The van der Waals surface area contributed by atoms with Gasteiger partial charge in [0.2, 0.25) is 5.95 Å². The minimum absolute atomic E-state index is 0.474. The summed E-state index contributed by atoms with van der Waals surface area (Å²) in [5.74, 6) is 1.16. The zero-order chi connectivity index (χ0) is 15.2. The first-order valence-corrected chi connectivity index (χ1v) is 7.11. The Bertz CT molecular complexity index is 726. The molecule has 2 aromatic carbocycles. The molecule has 3 aromatic rings. The summed E-state index contributed by atoms with van der Waals surface area (Å²) in [6.45, 7) is 2.75. The molecule has 0 unspecified atom stereocenters. The molecule has 0 aliphatic rings. The van der Waals surface area contributed by atoms with Gasteiger partial charge in [-0.2, -0.15) is 10.1 Å². The first kappa shape index (κ1) is 14.0. The lowest BCUT2D eigenvalue weighted by molar-refractivity contribution is 0.966. The third kappa shape index (κ3) is 3.79. The van der Waals surface area contributed by atoms with Gasteiger partial charge in [0.15, 0.2) is 5.82 Å². The zero-order valence-corrected chi connectivity index (χ0v) is 12.3. The number of benzene rings is 2. The molecule has 22 heavy (non-hydrogen) atoms. The van der Waals surface area contributed by atoms with Crippen molar-refractivity contribution in [3.63, 3.8) is 0 Å². The van der Waals surface area contributed by atoms with Crippen LogP contribution in [0.4, 0.5) is 17.5 Å². The largest absolute Gasteiger partial charge is 0.365 e. The molecular weight excluding hydrogens is 274 g/mol. The predicted octanol–water partition coefficient (Wildman–Crippen LogP) is 3.54. The summed E-state index contributed by atoms with van der Waals surface area (Å²) >= 11 is 0. The molecule has 3 rings (SSSR count). The van der Waals surface area contributed by atoms with Crippen LogP contribution >= 0.6 is 0 Å². The maximum absolute atomic E-state index is 4.41. The topological polar surface area (TPSA) is 62.7 Å². The summed E-state index contributed by atoms with van der Waals surface area (Å²) in [4.78, 5) is 4.41. The third-order valence-corrected chi connectivity index (χ3v) is 3.18. The average molecular weight is 291 g/mol. The fraction of sp³-hybridized carbons (Fsp3) is 0.118. The van der Waals surface area contributed by atoms with Gasteiger partial charge < -0.3 is 10.6 Å². The van der Waals surface area contributed by atoms with Crippen molar-refractivity contribution in [3.05, 3.63) is 71.9 Å². The molecule has 0 amide bonds. The molecule has 0 aliphatic carbocycles. The lowest BCUT2D eigenvalue weighted by Gasteiger charge is -2.08. The Labute approximate surface area is 129 Å². The van der Waals surface area contributed by atoms with Crippen molar-refractivity contribution in [2.45, 2.75) is 13.5 Å². The lowest BCUT2D eigenvalue weighted by Crippen LogP contribution is -2.05. The van der Waals surface area contributed by atoms with Crippen molar-refractivity contribution in [1.29, 1.82) is 0 Å². The van der Waals surface area contributed by atoms with Crippen LogP contribution in [0.2, 0.25) is 0 Å². The van der Waals surface area contributed by atoms with Crippen LogP contribution in [0.15, 0.2) is 60.8 Å². The van der Waals surface area contributed by atoms with Gasteiger partial charge >= 0.3 is 0 Å². The highest BCUT2D eigenvalue weighted by Gasteiger charge is 2.01. The van der Waals surface area contributed by atoms with E-state index in [0.29, 0.717) is 18.3 Å². The van der Waals surface area contributed by atoms with Crippen molar-refractivity contribution in [1.82, 2.24) is 15.2 Å². The van der Waals surface area contributed by atoms with E-state index in [1.165, 1.54) is 11.1 Å². The number of aryl methyl sites for hydroxylation is 1. The Hall–Kier alpha value is -2.95. The van der Waals surface area contributed by atoms with Crippen LogP contribution in [0.1, 0.15) is 11.1 Å². The number of hydrogen-bond donors (Lipinski definition) is 2. The number of aromatic nitrogens is 3. The highest BCUT2D eigenvalue weighted by Crippen LogP contribution is 2.14. The Balaban J connectivity index is 1.66. The number of rotatable bonds is 5. The summed E-state index contributed by atoms with van der Waals surface area (Å²) in [6, 6.07) is 18.2. The smallest absolute Gasteiger partial charge is 0.249 e. The second kappa shape index (κ2) is 6.67. The molecule has 0 fully saturated rings. The fourth-order valence-electron chi connectivity index (χ4n) is 2.00. The van der Waals surface area contributed by atoms with Gasteiger partial charge in [-0.25, -0.2) is 0 Å². The first-order valence-electron chi connectivity index (χ1n) is 7.11. The monoisotopic (exact) mass is 291 g/mol. The first-order chi connectivity index (χ1) is 10.8. The summed E-state index contributed by atoms with van der Waals surface area (Å²) < 4.78 is 0. The second-order valence-electron chi connectivity index (χ2n) is 5.00. The van der Waals surface area contributed by atoms with Gasteiger partial charge in [-0.05, 0) is 24.6 Å². The average Bonchev–Trinajstić information content (AvgIpc) is 2.57. The summed E-state index contributed by atoms with van der Waals surface area (Å²) in [6.07, 6.45) is 1.61. The maximum Gasteiger partial charge on any atom is 0.249 e. The van der Waals surface area contributed by atoms with E-state index in [1.807, 2.05) is 42.5 Å². The Kier molecular flexibility index (Phi) is 4.25. The van der Waals surface area contributed by atoms with Crippen LogP contribution in [0.3, 0.4) is 0 Å². The van der Waals surface area contributed by atoms with Crippen LogP contribution in [-0.4, -0.2) is 15.2 Å². The maximum atomic E-state index is 4.41. The molecule has 0 radical (unpaired) electrons.